The maximum atomic E-state index is 10.7. The van der Waals surface area contributed by atoms with E-state index in [9.17, 15) is 20.0 Å². The van der Waals surface area contributed by atoms with Gasteiger partial charge in [0.15, 0.2) is 5.88 Å². The van der Waals surface area contributed by atoms with E-state index in [4.69, 9.17) is 10.4 Å². The van der Waals surface area contributed by atoms with Crippen LogP contribution in [0.1, 0.15) is 38.5 Å². The van der Waals surface area contributed by atoms with Gasteiger partial charge >= 0.3 is 65.1 Å². The molecular weight excluding hydrogens is 394 g/mol. The number of unbranched alkanes of at least 4 members (excludes halogenated alkanes) is 5. The molecule has 0 amide bonds. The summed E-state index contributed by atoms with van der Waals surface area (Å²) in [6.45, 7) is 6.80. The summed E-state index contributed by atoms with van der Waals surface area (Å²) in [5.41, 5.74) is 0. The van der Waals surface area contributed by atoms with Crippen molar-refractivity contribution in [3.8, 4) is 0 Å². The monoisotopic (exact) mass is 420 g/mol. The van der Waals surface area contributed by atoms with Gasteiger partial charge in [0.05, 0.1) is 12.5 Å². The molecule has 0 radical (unpaired) electrons. The molecule has 0 aromatic carbocycles. The van der Waals surface area contributed by atoms with Crippen molar-refractivity contribution in [2.45, 2.75) is 38.5 Å². The largest absolute Gasteiger partial charge is 1.00 e. The predicted octanol–water partition coefficient (Wildman–Crippen LogP) is -6.50. The maximum Gasteiger partial charge on any atom is 1.00 e. The Kier molecular flexibility index (Phi) is 23.1. The van der Waals surface area contributed by atoms with Crippen LogP contribution in [-0.2, 0) is 19.4 Å². The van der Waals surface area contributed by atoms with Crippen LogP contribution < -0.4 is 69.5 Å². The van der Waals surface area contributed by atoms with Gasteiger partial charge in [0.1, 0.15) is 0 Å². The zero-order valence-electron chi connectivity index (χ0n) is 16.7. The number of rotatable bonds is 17. The first-order valence-corrected chi connectivity index (χ1v) is 8.22. The third-order valence-corrected chi connectivity index (χ3v) is 3.62. The minimum absolute atomic E-state index is 0. The minimum Gasteiger partial charge on any atom is -0.663 e. The van der Waals surface area contributed by atoms with Crippen LogP contribution in [0, 0.1) is 0 Å². The van der Waals surface area contributed by atoms with Crippen molar-refractivity contribution in [2.75, 3.05) is 26.2 Å². The van der Waals surface area contributed by atoms with E-state index >= 15 is 0 Å². The Hall–Kier alpha value is -0.300. The summed E-state index contributed by atoms with van der Waals surface area (Å²) in [7, 11) is 0. The molecule has 2 N–H and O–H groups in total. The fourth-order valence-corrected chi connectivity index (χ4v) is 2.38. The van der Waals surface area contributed by atoms with E-state index in [0.29, 0.717) is 25.9 Å². The molecule has 0 aliphatic carbocycles. The Morgan fingerprint density at radius 1 is 0.893 bits per heavy atom. The molecule has 0 saturated heterocycles. The van der Waals surface area contributed by atoms with Crippen LogP contribution in [0.4, 0.5) is 0 Å². The predicted molar refractivity (Wildman–Crippen MR) is 86.6 cm³/mol. The molecule has 0 spiro atoms. The molecule has 10 nitrogen and oxygen atoms in total. The van der Waals surface area contributed by atoms with Gasteiger partial charge in [-0.15, -0.1) is 0 Å². The topological polar surface area (TPSA) is 146 Å². The molecule has 150 valence electrons. The van der Waals surface area contributed by atoms with E-state index < -0.39 is 18.5 Å². The molecule has 0 unspecified atom stereocenters. The molecule has 0 heterocycles. The van der Waals surface area contributed by atoms with Crippen molar-refractivity contribution in [1.82, 2.24) is 9.80 Å². The fourth-order valence-electron chi connectivity index (χ4n) is 2.38. The maximum absolute atomic E-state index is 10.7. The number of carboxylic acid groups (broad SMARTS) is 2. The van der Waals surface area contributed by atoms with Crippen LogP contribution in [0.5, 0.6) is 0 Å². The molecular formula is C16H26N2Na2O8. The van der Waals surface area contributed by atoms with Gasteiger partial charge in [0.25, 0.3) is 0 Å². The van der Waals surface area contributed by atoms with Crippen LogP contribution in [0.2, 0.25) is 0 Å². The van der Waals surface area contributed by atoms with Gasteiger partial charge in [-0.1, -0.05) is 25.7 Å². The van der Waals surface area contributed by atoms with Crippen molar-refractivity contribution >= 4 is 11.9 Å². The van der Waals surface area contributed by atoms with E-state index in [0.717, 1.165) is 25.7 Å². The quantitative estimate of drug-likeness (QED) is 0.0766. The summed E-state index contributed by atoms with van der Waals surface area (Å²) in [5, 5.41) is 38.3. The molecule has 12 heteroatoms. The molecule has 0 bridgehead atoms. The normalized spacial score (nSPS) is 9.68. The van der Waals surface area contributed by atoms with E-state index in [1.807, 2.05) is 0 Å². The Bertz CT molecular complexity index is 448. The molecule has 0 rings (SSSR count). The van der Waals surface area contributed by atoms with Crippen molar-refractivity contribution in [2.24, 2.45) is 0 Å². The van der Waals surface area contributed by atoms with Gasteiger partial charge in [-0.05, 0) is 32.5 Å². The second kappa shape index (κ2) is 20.0. The molecule has 0 atom stereocenters. The number of hydrogen-bond donors (Lipinski definition) is 2. The first-order valence-electron chi connectivity index (χ1n) is 8.22. The first kappa shape index (κ1) is 32.4. The number of carboxylic acids is 2. The van der Waals surface area contributed by atoms with Gasteiger partial charge in [0.2, 0.25) is 5.88 Å². The van der Waals surface area contributed by atoms with Crippen molar-refractivity contribution in [3.05, 3.63) is 24.9 Å². The Morgan fingerprint density at radius 2 is 1.39 bits per heavy atom. The van der Waals surface area contributed by atoms with Crippen LogP contribution in [-0.4, -0.2) is 58.3 Å². The number of carbonyl (C=O) groups excluding carboxylic acids is 1. The number of carbonyl (C=O) groups is 2. The Morgan fingerprint density at radius 3 is 1.82 bits per heavy atom. The number of aliphatic carboxylic acids is 2. The molecule has 0 aliphatic heterocycles. The smallest absolute Gasteiger partial charge is 0.663 e. The fraction of sp³-hybridized carbons (Fsp3) is 0.625. The summed E-state index contributed by atoms with van der Waals surface area (Å²) in [6.07, 6.45) is 4.81. The Balaban J connectivity index is -0.00000312. The molecule has 0 aromatic rings. The average Bonchev–Trinajstić information content (AvgIpc) is 2.58. The van der Waals surface area contributed by atoms with Gasteiger partial charge in [-0.3, -0.25) is 14.6 Å². The second-order valence-corrected chi connectivity index (χ2v) is 5.71. The number of hydrogen-bond acceptors (Lipinski definition) is 9. The van der Waals surface area contributed by atoms with Gasteiger partial charge in [-0.2, -0.15) is 0 Å². The molecule has 28 heavy (non-hydrogen) atoms. The molecule has 0 saturated carbocycles. The van der Waals surface area contributed by atoms with Gasteiger partial charge in [-0.25, -0.2) is 5.26 Å². The zero-order valence-corrected chi connectivity index (χ0v) is 20.7. The second-order valence-electron chi connectivity index (χ2n) is 5.71. The van der Waals surface area contributed by atoms with Gasteiger partial charge < -0.3 is 30.0 Å². The van der Waals surface area contributed by atoms with Crippen LogP contribution in [0.25, 0.3) is 0 Å². The van der Waals surface area contributed by atoms with E-state index in [-0.39, 0.29) is 77.4 Å². The van der Waals surface area contributed by atoms with E-state index in [1.165, 1.54) is 9.80 Å². The van der Waals surface area contributed by atoms with Crippen molar-refractivity contribution in [3.63, 3.8) is 0 Å². The third-order valence-electron chi connectivity index (χ3n) is 3.62. The first-order chi connectivity index (χ1) is 12.3. The van der Waals surface area contributed by atoms with Crippen molar-refractivity contribution < 1.29 is 99.2 Å². The molecule has 0 fully saturated rings. The van der Waals surface area contributed by atoms with E-state index in [1.54, 1.807) is 0 Å². The van der Waals surface area contributed by atoms with Crippen LogP contribution >= 0.6 is 0 Å². The molecule has 0 aromatic heterocycles. The summed E-state index contributed by atoms with van der Waals surface area (Å²) in [4.78, 5) is 31.5. The zero-order chi connectivity index (χ0) is 19.9. The van der Waals surface area contributed by atoms with Crippen LogP contribution in [0.3, 0.4) is 0 Å². The minimum atomic E-state index is -1.30. The van der Waals surface area contributed by atoms with Crippen LogP contribution in [0.15, 0.2) is 24.9 Å². The standard InChI is InChI=1S/C16H28N2O8.2Na/c1-13(25-23)18(14(2)26-24)10-8-6-4-3-5-7-9-17(11-15(19)20)12-16(21)22;;/h23-24H,1-12H2,(H,19,20)(H,21,22);;/q;2*+1/p-2. The SMILES string of the molecule is C=C(O[O-])N(CCCCCCCCN(CC(=O)[O-])CC(=O)O)C(=C)OO.[Na+].[Na+]. The average molecular weight is 420 g/mol. The van der Waals surface area contributed by atoms with E-state index in [2.05, 4.69) is 22.9 Å². The third kappa shape index (κ3) is 16.6. The summed E-state index contributed by atoms with van der Waals surface area (Å²) in [6, 6.07) is 0. The Labute approximate surface area is 209 Å². The summed E-state index contributed by atoms with van der Waals surface area (Å²) < 4.78 is 0. The summed E-state index contributed by atoms with van der Waals surface area (Å²) in [5.74, 6) is -2.76. The van der Waals surface area contributed by atoms with Gasteiger partial charge in [0, 0.05) is 13.1 Å². The number of nitrogens with zero attached hydrogens (tertiary/aromatic N) is 2. The van der Waals surface area contributed by atoms with Crippen molar-refractivity contribution in [1.29, 1.82) is 0 Å². The molecule has 0 aliphatic rings. The summed E-state index contributed by atoms with van der Waals surface area (Å²) >= 11 is 0.